The Bertz CT molecular complexity index is 274. The maximum atomic E-state index is 9.30. The molecule has 0 aliphatic rings. The van der Waals surface area contributed by atoms with Crippen molar-refractivity contribution >= 4 is 0 Å². The maximum absolute atomic E-state index is 9.30. The van der Waals surface area contributed by atoms with E-state index in [-0.39, 0.29) is 12.6 Å². The zero-order chi connectivity index (χ0) is 12.3. The third-order valence-electron chi connectivity index (χ3n) is 3.06. The quantitative estimate of drug-likeness (QED) is 0.645. The highest BCUT2D eigenvalue weighted by Crippen LogP contribution is 2.06. The second-order valence-corrected chi connectivity index (χ2v) is 4.60. The van der Waals surface area contributed by atoms with Crippen molar-refractivity contribution in [1.82, 2.24) is 5.32 Å². The molecule has 1 rings (SSSR count). The molecule has 2 nitrogen and oxygen atoms in total. The molecule has 1 aromatic carbocycles. The summed E-state index contributed by atoms with van der Waals surface area (Å²) in [5.74, 6) is 0. The average molecular weight is 235 g/mol. The molecule has 17 heavy (non-hydrogen) atoms. The lowest BCUT2D eigenvalue weighted by Gasteiger charge is -2.16. The molecule has 0 saturated carbocycles. The molecule has 0 heterocycles. The van der Waals surface area contributed by atoms with Crippen molar-refractivity contribution in [3.8, 4) is 0 Å². The third-order valence-corrected chi connectivity index (χ3v) is 3.06. The zero-order valence-corrected chi connectivity index (χ0v) is 10.9. The van der Waals surface area contributed by atoms with E-state index in [0.29, 0.717) is 0 Å². The van der Waals surface area contributed by atoms with Crippen molar-refractivity contribution in [3.63, 3.8) is 0 Å². The van der Waals surface area contributed by atoms with Crippen LogP contribution in [-0.2, 0) is 6.54 Å². The van der Waals surface area contributed by atoms with Gasteiger partial charge in [0, 0.05) is 12.6 Å². The number of aliphatic hydroxyl groups is 1. The van der Waals surface area contributed by atoms with Gasteiger partial charge in [0.25, 0.3) is 0 Å². The Balaban J connectivity index is 2.18. The van der Waals surface area contributed by atoms with Gasteiger partial charge in [-0.15, -0.1) is 0 Å². The standard InChI is InChI=1S/C15H25NO/c1-2-3-4-8-11-15(13-17)16-12-14-9-6-5-7-10-14/h5-7,9-10,15-17H,2-4,8,11-13H2,1H3/t15-/m1/s1. The number of unbranched alkanes of at least 4 members (excludes halogenated alkanes) is 3. The molecule has 2 heteroatoms. The van der Waals surface area contributed by atoms with E-state index in [1.54, 1.807) is 0 Å². The molecule has 0 bridgehead atoms. The predicted octanol–water partition coefficient (Wildman–Crippen LogP) is 3.11. The number of hydrogen-bond acceptors (Lipinski definition) is 2. The molecule has 0 unspecified atom stereocenters. The Morgan fingerprint density at radius 3 is 2.53 bits per heavy atom. The summed E-state index contributed by atoms with van der Waals surface area (Å²) in [6.07, 6.45) is 6.13. The number of aliphatic hydroxyl groups excluding tert-OH is 1. The van der Waals surface area contributed by atoms with E-state index in [1.807, 2.05) is 18.2 Å². The molecule has 0 aliphatic heterocycles. The number of hydrogen-bond donors (Lipinski definition) is 2. The Hall–Kier alpha value is -0.860. The third kappa shape index (κ3) is 6.44. The molecule has 0 aliphatic carbocycles. The first-order valence-corrected chi connectivity index (χ1v) is 6.75. The fraction of sp³-hybridized carbons (Fsp3) is 0.600. The molecule has 0 spiro atoms. The first-order valence-electron chi connectivity index (χ1n) is 6.75. The van der Waals surface area contributed by atoms with Gasteiger partial charge in [0.1, 0.15) is 0 Å². The van der Waals surface area contributed by atoms with Crippen LogP contribution in [0.5, 0.6) is 0 Å². The smallest absolute Gasteiger partial charge is 0.0584 e. The lowest BCUT2D eigenvalue weighted by Crippen LogP contribution is -2.31. The highest BCUT2D eigenvalue weighted by Gasteiger charge is 2.05. The number of benzene rings is 1. The monoisotopic (exact) mass is 235 g/mol. The van der Waals surface area contributed by atoms with Gasteiger partial charge in [0.15, 0.2) is 0 Å². The van der Waals surface area contributed by atoms with E-state index in [4.69, 9.17) is 0 Å². The number of nitrogens with one attached hydrogen (secondary N) is 1. The highest BCUT2D eigenvalue weighted by molar-refractivity contribution is 5.14. The normalized spacial score (nSPS) is 12.6. The van der Waals surface area contributed by atoms with Crippen LogP contribution in [0.25, 0.3) is 0 Å². The van der Waals surface area contributed by atoms with Gasteiger partial charge < -0.3 is 10.4 Å². The fourth-order valence-corrected chi connectivity index (χ4v) is 1.93. The van der Waals surface area contributed by atoms with Crippen molar-refractivity contribution in [2.24, 2.45) is 0 Å². The van der Waals surface area contributed by atoms with E-state index >= 15 is 0 Å². The van der Waals surface area contributed by atoms with Crippen LogP contribution in [0.2, 0.25) is 0 Å². The van der Waals surface area contributed by atoms with Crippen molar-refractivity contribution in [2.75, 3.05) is 6.61 Å². The van der Waals surface area contributed by atoms with Gasteiger partial charge in [-0.3, -0.25) is 0 Å². The lowest BCUT2D eigenvalue weighted by atomic mass is 10.1. The van der Waals surface area contributed by atoms with Gasteiger partial charge in [-0.2, -0.15) is 0 Å². The Morgan fingerprint density at radius 1 is 1.12 bits per heavy atom. The molecule has 1 atom stereocenters. The topological polar surface area (TPSA) is 32.3 Å². The molecular formula is C15H25NO. The summed E-state index contributed by atoms with van der Waals surface area (Å²) < 4.78 is 0. The van der Waals surface area contributed by atoms with Gasteiger partial charge in [-0.05, 0) is 12.0 Å². The van der Waals surface area contributed by atoms with Crippen LogP contribution in [0.1, 0.15) is 44.6 Å². The van der Waals surface area contributed by atoms with E-state index in [2.05, 4.69) is 24.4 Å². The van der Waals surface area contributed by atoms with Crippen LogP contribution >= 0.6 is 0 Å². The molecule has 0 radical (unpaired) electrons. The highest BCUT2D eigenvalue weighted by atomic mass is 16.3. The fourth-order valence-electron chi connectivity index (χ4n) is 1.93. The summed E-state index contributed by atoms with van der Waals surface area (Å²) in [6, 6.07) is 10.6. The Labute approximate surface area is 105 Å². The van der Waals surface area contributed by atoms with Crippen molar-refractivity contribution < 1.29 is 5.11 Å². The summed E-state index contributed by atoms with van der Waals surface area (Å²) in [7, 11) is 0. The van der Waals surface area contributed by atoms with E-state index in [0.717, 1.165) is 13.0 Å². The van der Waals surface area contributed by atoms with Crippen LogP contribution in [0.15, 0.2) is 30.3 Å². The van der Waals surface area contributed by atoms with E-state index in [1.165, 1.54) is 31.2 Å². The van der Waals surface area contributed by atoms with Crippen LogP contribution in [-0.4, -0.2) is 17.8 Å². The van der Waals surface area contributed by atoms with E-state index < -0.39 is 0 Å². The van der Waals surface area contributed by atoms with Gasteiger partial charge in [-0.25, -0.2) is 0 Å². The second kappa shape index (κ2) is 9.20. The minimum Gasteiger partial charge on any atom is -0.395 e. The van der Waals surface area contributed by atoms with Crippen LogP contribution < -0.4 is 5.32 Å². The molecule has 0 saturated heterocycles. The summed E-state index contributed by atoms with van der Waals surface area (Å²) in [6.45, 7) is 3.30. The summed E-state index contributed by atoms with van der Waals surface area (Å²) in [5, 5.41) is 12.7. The lowest BCUT2D eigenvalue weighted by molar-refractivity contribution is 0.232. The van der Waals surface area contributed by atoms with Gasteiger partial charge in [0.05, 0.1) is 6.61 Å². The van der Waals surface area contributed by atoms with Crippen molar-refractivity contribution in [1.29, 1.82) is 0 Å². The Kier molecular flexibility index (Phi) is 7.69. The SMILES string of the molecule is CCCCCC[C@H](CO)NCc1ccccc1. The van der Waals surface area contributed by atoms with Crippen molar-refractivity contribution in [3.05, 3.63) is 35.9 Å². The van der Waals surface area contributed by atoms with Crippen LogP contribution in [0.4, 0.5) is 0 Å². The summed E-state index contributed by atoms with van der Waals surface area (Å²) in [5.41, 5.74) is 1.28. The summed E-state index contributed by atoms with van der Waals surface area (Å²) in [4.78, 5) is 0. The molecule has 0 fully saturated rings. The molecule has 96 valence electrons. The number of rotatable bonds is 9. The first-order chi connectivity index (χ1) is 8.36. The summed E-state index contributed by atoms with van der Waals surface area (Å²) >= 11 is 0. The maximum Gasteiger partial charge on any atom is 0.0584 e. The van der Waals surface area contributed by atoms with Gasteiger partial charge in [0.2, 0.25) is 0 Å². The zero-order valence-electron chi connectivity index (χ0n) is 10.9. The average Bonchev–Trinajstić information content (AvgIpc) is 2.39. The van der Waals surface area contributed by atoms with Gasteiger partial charge >= 0.3 is 0 Å². The van der Waals surface area contributed by atoms with Gasteiger partial charge in [-0.1, -0.05) is 62.9 Å². The van der Waals surface area contributed by atoms with E-state index in [9.17, 15) is 5.11 Å². The molecule has 0 aromatic heterocycles. The molecular weight excluding hydrogens is 210 g/mol. The minimum absolute atomic E-state index is 0.235. The largest absolute Gasteiger partial charge is 0.395 e. The molecule has 2 N–H and O–H groups in total. The first kappa shape index (κ1) is 14.2. The van der Waals surface area contributed by atoms with Crippen LogP contribution in [0.3, 0.4) is 0 Å². The Morgan fingerprint density at radius 2 is 1.88 bits per heavy atom. The second-order valence-electron chi connectivity index (χ2n) is 4.60. The van der Waals surface area contributed by atoms with Crippen molar-refractivity contribution in [2.45, 2.75) is 51.6 Å². The predicted molar refractivity (Wildman–Crippen MR) is 72.9 cm³/mol. The minimum atomic E-state index is 0.235. The van der Waals surface area contributed by atoms with Crippen LogP contribution in [0, 0.1) is 0 Å². The molecule has 0 amide bonds. The molecule has 1 aromatic rings.